The largest absolute Gasteiger partial charge is 0.248 e. The van der Waals surface area contributed by atoms with Gasteiger partial charge in [0, 0.05) is 12.8 Å². The average molecular weight is 381 g/mol. The number of rotatable bonds is 4. The van der Waals surface area contributed by atoms with Crippen LogP contribution in [-0.2, 0) is 11.0 Å². The average Bonchev–Trinajstić information content (AvgIpc) is 2.31. The highest BCUT2D eigenvalue weighted by Gasteiger charge is 2.49. The van der Waals surface area contributed by atoms with Gasteiger partial charge >= 0.3 is 0 Å². The molecule has 0 unspecified atom stereocenters. The topological polar surface area (TPSA) is 42.0 Å². The maximum absolute atomic E-state index is 13.2. The molecule has 118 valence electrons. The number of nitrogens with one attached hydrogen (secondary N) is 1. The van der Waals surface area contributed by atoms with Gasteiger partial charge < -0.3 is 0 Å². The molecule has 0 aliphatic heterocycles. The summed E-state index contributed by atoms with van der Waals surface area (Å²) in [5.74, 6) is -2.87. The Hall–Kier alpha value is -0.400. The molecule has 2 rings (SSSR count). The van der Waals surface area contributed by atoms with E-state index in [0.29, 0.717) is 10.3 Å². The van der Waals surface area contributed by atoms with E-state index >= 15 is 0 Å². The predicted octanol–water partition coefficient (Wildman–Crippen LogP) is 3.98. The standard InChI is InChI=1S/C14H19BrF2N2OS/c1-13(2,3)21(20)19-12(9-7-14(16,17)8-9)10-5-4-6-11(15)18-10/h4-6,9,12,19H,7-8H2,1-3H3/t12-,21+/m0/s1. The molecule has 0 bridgehead atoms. The second-order valence-electron chi connectivity index (χ2n) is 6.39. The lowest BCUT2D eigenvalue weighted by Gasteiger charge is -2.40. The monoisotopic (exact) mass is 380 g/mol. The van der Waals surface area contributed by atoms with Crippen LogP contribution in [0.2, 0.25) is 0 Å². The van der Waals surface area contributed by atoms with Gasteiger partial charge in [-0.3, -0.25) is 0 Å². The van der Waals surface area contributed by atoms with Gasteiger partial charge in [0.25, 0.3) is 0 Å². The predicted molar refractivity (Wildman–Crippen MR) is 83.4 cm³/mol. The van der Waals surface area contributed by atoms with Gasteiger partial charge in [0.15, 0.2) is 0 Å². The number of hydrogen-bond acceptors (Lipinski definition) is 2. The smallest absolute Gasteiger partial charge is 0.244 e. The molecule has 1 aliphatic carbocycles. The van der Waals surface area contributed by atoms with Crippen molar-refractivity contribution in [1.29, 1.82) is 0 Å². The van der Waals surface area contributed by atoms with E-state index in [9.17, 15) is 13.0 Å². The van der Waals surface area contributed by atoms with Crippen molar-refractivity contribution in [1.82, 2.24) is 9.71 Å². The molecule has 7 heteroatoms. The zero-order valence-electron chi connectivity index (χ0n) is 12.2. The fraction of sp³-hybridized carbons (Fsp3) is 0.643. The Kier molecular flexibility index (Phi) is 4.85. The van der Waals surface area contributed by atoms with E-state index in [0.717, 1.165) is 0 Å². The van der Waals surface area contributed by atoms with Crippen LogP contribution in [0.1, 0.15) is 45.3 Å². The number of aromatic nitrogens is 1. The summed E-state index contributed by atoms with van der Waals surface area (Å²) < 4.78 is 41.8. The Morgan fingerprint density at radius 3 is 2.52 bits per heavy atom. The maximum atomic E-state index is 13.2. The summed E-state index contributed by atoms with van der Waals surface area (Å²) in [5.41, 5.74) is 0.641. The lowest BCUT2D eigenvalue weighted by molar-refractivity contribution is -0.118. The quantitative estimate of drug-likeness (QED) is 0.802. The van der Waals surface area contributed by atoms with E-state index in [1.807, 2.05) is 20.8 Å². The second kappa shape index (κ2) is 6.01. The molecular formula is C14H19BrF2N2OS. The fourth-order valence-electron chi connectivity index (χ4n) is 2.23. The Bertz CT molecular complexity index is 540. The normalized spacial score (nSPS) is 21.6. The van der Waals surface area contributed by atoms with Gasteiger partial charge in [-0.05, 0) is 54.8 Å². The Morgan fingerprint density at radius 2 is 2.05 bits per heavy atom. The van der Waals surface area contributed by atoms with Gasteiger partial charge in [-0.25, -0.2) is 22.7 Å². The number of hydrogen-bond donors (Lipinski definition) is 1. The first-order chi connectivity index (χ1) is 9.58. The third-order valence-corrected chi connectivity index (χ3v) is 5.46. The molecule has 0 spiro atoms. The van der Waals surface area contributed by atoms with E-state index in [4.69, 9.17) is 0 Å². The third-order valence-electron chi connectivity index (χ3n) is 3.44. The SMILES string of the molecule is CC(C)(C)[S@@](=O)N[C@H](c1cccc(Br)n1)C1CC(F)(F)C1. The molecule has 0 aromatic carbocycles. The summed E-state index contributed by atoms with van der Waals surface area (Å²) >= 11 is 3.28. The molecule has 1 aromatic heterocycles. The molecule has 1 heterocycles. The Labute approximate surface area is 134 Å². The van der Waals surface area contributed by atoms with Crippen molar-refractivity contribution in [2.45, 2.75) is 50.3 Å². The molecule has 0 amide bonds. The minimum absolute atomic E-state index is 0.194. The van der Waals surface area contributed by atoms with E-state index < -0.39 is 27.7 Å². The summed E-state index contributed by atoms with van der Waals surface area (Å²) in [7, 11) is -1.34. The van der Waals surface area contributed by atoms with Gasteiger partial charge in [-0.2, -0.15) is 0 Å². The van der Waals surface area contributed by atoms with Crippen molar-refractivity contribution >= 4 is 26.9 Å². The third kappa shape index (κ3) is 4.29. The van der Waals surface area contributed by atoms with Crippen molar-refractivity contribution in [2.24, 2.45) is 5.92 Å². The van der Waals surface area contributed by atoms with Crippen LogP contribution in [0.3, 0.4) is 0 Å². The zero-order chi connectivity index (χ0) is 15.8. The van der Waals surface area contributed by atoms with Crippen LogP contribution in [0.4, 0.5) is 8.78 Å². The van der Waals surface area contributed by atoms with Crippen LogP contribution in [-0.4, -0.2) is 19.9 Å². The van der Waals surface area contributed by atoms with Gasteiger partial charge in [-0.15, -0.1) is 0 Å². The van der Waals surface area contributed by atoms with Gasteiger partial charge in [-0.1, -0.05) is 6.07 Å². The lowest BCUT2D eigenvalue weighted by atomic mass is 9.75. The first kappa shape index (κ1) is 17.0. The molecule has 3 nitrogen and oxygen atoms in total. The van der Waals surface area contributed by atoms with Crippen LogP contribution >= 0.6 is 15.9 Å². The summed E-state index contributed by atoms with van der Waals surface area (Å²) in [4.78, 5) is 4.33. The van der Waals surface area contributed by atoms with Gasteiger partial charge in [0.2, 0.25) is 5.92 Å². The van der Waals surface area contributed by atoms with Crippen molar-refractivity contribution < 1.29 is 13.0 Å². The minimum Gasteiger partial charge on any atom is -0.244 e. The highest BCUT2D eigenvalue weighted by atomic mass is 79.9. The zero-order valence-corrected chi connectivity index (χ0v) is 14.6. The fourth-order valence-corrected chi connectivity index (χ4v) is 3.49. The molecule has 0 saturated heterocycles. The highest BCUT2D eigenvalue weighted by molar-refractivity contribution is 9.10. The van der Waals surface area contributed by atoms with Gasteiger partial charge in [0.1, 0.15) is 4.60 Å². The Balaban J connectivity index is 2.21. The number of nitrogens with zero attached hydrogens (tertiary/aromatic N) is 1. The molecule has 2 atom stereocenters. The summed E-state index contributed by atoms with van der Waals surface area (Å²) in [6.45, 7) is 5.53. The molecule has 1 fully saturated rings. The Morgan fingerprint density at radius 1 is 1.43 bits per heavy atom. The first-order valence-corrected chi connectivity index (χ1v) is 8.71. The number of halogens is 3. The van der Waals surface area contributed by atoms with Crippen molar-refractivity contribution in [3.8, 4) is 0 Å². The molecule has 1 saturated carbocycles. The molecular weight excluding hydrogens is 362 g/mol. The van der Waals surface area contributed by atoms with Crippen LogP contribution in [0.5, 0.6) is 0 Å². The van der Waals surface area contributed by atoms with Crippen LogP contribution < -0.4 is 4.72 Å². The van der Waals surface area contributed by atoms with Crippen LogP contribution in [0.15, 0.2) is 22.8 Å². The number of pyridine rings is 1. The molecule has 1 aliphatic rings. The van der Waals surface area contributed by atoms with Gasteiger partial charge in [0.05, 0.1) is 27.5 Å². The van der Waals surface area contributed by atoms with E-state index in [2.05, 4.69) is 25.6 Å². The second-order valence-corrected chi connectivity index (χ2v) is 9.20. The number of alkyl halides is 2. The molecule has 0 radical (unpaired) electrons. The maximum Gasteiger partial charge on any atom is 0.248 e. The van der Waals surface area contributed by atoms with E-state index in [1.54, 1.807) is 18.2 Å². The minimum atomic E-state index is -2.61. The summed E-state index contributed by atoms with van der Waals surface area (Å²) in [6, 6.07) is 4.93. The van der Waals surface area contributed by atoms with Crippen LogP contribution in [0.25, 0.3) is 0 Å². The highest BCUT2D eigenvalue weighted by Crippen LogP contribution is 2.48. The molecule has 21 heavy (non-hydrogen) atoms. The van der Waals surface area contributed by atoms with E-state index in [1.165, 1.54) is 0 Å². The lowest BCUT2D eigenvalue weighted by Crippen LogP contribution is -2.46. The molecule has 1 aromatic rings. The van der Waals surface area contributed by atoms with Crippen molar-refractivity contribution in [3.05, 3.63) is 28.5 Å². The van der Waals surface area contributed by atoms with Crippen LogP contribution in [0, 0.1) is 5.92 Å². The van der Waals surface area contributed by atoms with Crippen molar-refractivity contribution in [3.63, 3.8) is 0 Å². The summed E-state index contributed by atoms with van der Waals surface area (Å²) in [6.07, 6.45) is -0.388. The van der Waals surface area contributed by atoms with Crippen molar-refractivity contribution in [2.75, 3.05) is 0 Å². The molecule has 1 N–H and O–H groups in total. The summed E-state index contributed by atoms with van der Waals surface area (Å²) in [5, 5.41) is 0. The van der Waals surface area contributed by atoms with E-state index in [-0.39, 0.29) is 18.8 Å². The first-order valence-electron chi connectivity index (χ1n) is 6.77.